The van der Waals surface area contributed by atoms with Crippen LogP contribution in [0.25, 0.3) is 0 Å². The number of likely N-dealkylation sites (tertiary alicyclic amines) is 1. The van der Waals surface area contributed by atoms with Gasteiger partial charge in [-0.1, -0.05) is 13.3 Å². The second-order valence-electron chi connectivity index (χ2n) is 4.46. The predicted octanol–water partition coefficient (Wildman–Crippen LogP) is 0.525. The van der Waals surface area contributed by atoms with Crippen LogP contribution in [0.5, 0.6) is 0 Å². The number of carbonyl (C=O) groups is 2. The third-order valence-electron chi connectivity index (χ3n) is 3.10. The summed E-state index contributed by atoms with van der Waals surface area (Å²) >= 11 is 0. The Kier molecular flexibility index (Phi) is 5.41. The van der Waals surface area contributed by atoms with Gasteiger partial charge < -0.3 is 15.4 Å². The molecule has 1 amide bonds. The zero-order valence-electron chi connectivity index (χ0n) is 10.6. The van der Waals surface area contributed by atoms with Crippen LogP contribution in [-0.2, 0) is 14.3 Å². The van der Waals surface area contributed by atoms with Crippen LogP contribution in [0.3, 0.4) is 0 Å². The van der Waals surface area contributed by atoms with E-state index in [1.54, 1.807) is 11.8 Å². The van der Waals surface area contributed by atoms with Crippen molar-refractivity contribution in [3.8, 4) is 0 Å². The first-order valence-electron chi connectivity index (χ1n) is 6.31. The molecule has 1 fully saturated rings. The molecule has 0 aromatic heterocycles. The highest BCUT2D eigenvalue weighted by atomic mass is 16.5. The molecule has 5 heteroatoms. The van der Waals surface area contributed by atoms with E-state index in [4.69, 9.17) is 10.5 Å². The molecule has 2 atom stereocenters. The molecule has 0 bridgehead atoms. The quantitative estimate of drug-likeness (QED) is 0.563. The molecule has 17 heavy (non-hydrogen) atoms. The van der Waals surface area contributed by atoms with Crippen molar-refractivity contribution in [3.05, 3.63) is 0 Å². The van der Waals surface area contributed by atoms with Gasteiger partial charge in [0.25, 0.3) is 5.91 Å². The van der Waals surface area contributed by atoms with Crippen LogP contribution in [0, 0.1) is 5.92 Å². The second-order valence-corrected chi connectivity index (χ2v) is 4.46. The van der Waals surface area contributed by atoms with Gasteiger partial charge in [0.1, 0.15) is 0 Å². The summed E-state index contributed by atoms with van der Waals surface area (Å²) in [6.07, 6.45) is 3.25. The first kappa shape index (κ1) is 14.0. The van der Waals surface area contributed by atoms with Gasteiger partial charge in [-0.25, -0.2) is 4.79 Å². The number of carbonyl (C=O) groups excluding carboxylic acids is 2. The molecule has 1 aliphatic rings. The number of hydrogen-bond acceptors (Lipinski definition) is 4. The van der Waals surface area contributed by atoms with E-state index in [9.17, 15) is 9.59 Å². The van der Waals surface area contributed by atoms with Crippen molar-refractivity contribution >= 4 is 11.9 Å². The zero-order chi connectivity index (χ0) is 12.8. The number of esters is 1. The number of rotatable bonds is 5. The number of nitrogens with two attached hydrogens (primary N) is 1. The van der Waals surface area contributed by atoms with E-state index in [2.05, 4.69) is 6.92 Å². The van der Waals surface area contributed by atoms with Gasteiger partial charge in [-0.05, 0) is 25.7 Å². The average Bonchev–Trinajstić information content (AvgIpc) is 2.76. The van der Waals surface area contributed by atoms with Crippen molar-refractivity contribution in [1.82, 2.24) is 4.90 Å². The molecule has 1 heterocycles. The number of ether oxygens (including phenoxy) is 1. The summed E-state index contributed by atoms with van der Waals surface area (Å²) in [5, 5.41) is 0. The standard InChI is InChI=1S/C12H22N2O3/c1-3-5-9-6-7-14(8-9)11(15)10(13)12(16)17-4-2/h9-10H,3-8,13H2,1-2H3. The van der Waals surface area contributed by atoms with E-state index in [0.29, 0.717) is 12.5 Å². The fourth-order valence-electron chi connectivity index (χ4n) is 2.21. The minimum absolute atomic E-state index is 0.248. The van der Waals surface area contributed by atoms with Crippen molar-refractivity contribution in [3.63, 3.8) is 0 Å². The number of amides is 1. The monoisotopic (exact) mass is 242 g/mol. The Morgan fingerprint density at radius 3 is 2.76 bits per heavy atom. The van der Waals surface area contributed by atoms with E-state index in [1.807, 2.05) is 0 Å². The molecule has 1 rings (SSSR count). The molecule has 98 valence electrons. The summed E-state index contributed by atoms with van der Waals surface area (Å²) in [6.45, 7) is 5.51. The van der Waals surface area contributed by atoms with Gasteiger partial charge in [0.05, 0.1) is 6.61 Å². The summed E-state index contributed by atoms with van der Waals surface area (Å²) in [5.74, 6) is -0.378. The van der Waals surface area contributed by atoms with Gasteiger partial charge in [0.15, 0.2) is 6.04 Å². The minimum Gasteiger partial charge on any atom is -0.464 e. The number of nitrogens with zero attached hydrogens (tertiary/aromatic N) is 1. The third kappa shape index (κ3) is 3.70. The van der Waals surface area contributed by atoms with Crippen molar-refractivity contribution in [2.75, 3.05) is 19.7 Å². The lowest BCUT2D eigenvalue weighted by molar-refractivity contribution is -0.150. The third-order valence-corrected chi connectivity index (χ3v) is 3.10. The number of hydrogen-bond donors (Lipinski definition) is 1. The molecule has 5 nitrogen and oxygen atoms in total. The smallest absolute Gasteiger partial charge is 0.332 e. The predicted molar refractivity (Wildman–Crippen MR) is 64.2 cm³/mol. The van der Waals surface area contributed by atoms with Crippen molar-refractivity contribution < 1.29 is 14.3 Å². The highest BCUT2D eigenvalue weighted by Crippen LogP contribution is 2.21. The first-order valence-corrected chi connectivity index (χ1v) is 6.31. The lowest BCUT2D eigenvalue weighted by Crippen LogP contribution is -2.48. The molecular formula is C12H22N2O3. The van der Waals surface area contributed by atoms with Crippen LogP contribution in [0.15, 0.2) is 0 Å². The van der Waals surface area contributed by atoms with Gasteiger partial charge in [0, 0.05) is 13.1 Å². The summed E-state index contributed by atoms with van der Waals surface area (Å²) in [5.41, 5.74) is 5.58. The maximum absolute atomic E-state index is 11.9. The Morgan fingerprint density at radius 1 is 1.47 bits per heavy atom. The van der Waals surface area contributed by atoms with Crippen LogP contribution >= 0.6 is 0 Å². The molecule has 1 saturated heterocycles. The van der Waals surface area contributed by atoms with E-state index >= 15 is 0 Å². The van der Waals surface area contributed by atoms with Gasteiger partial charge in [-0.3, -0.25) is 4.79 Å². The topological polar surface area (TPSA) is 72.6 Å². The Labute approximate surface area is 102 Å². The van der Waals surface area contributed by atoms with E-state index < -0.39 is 12.0 Å². The highest BCUT2D eigenvalue weighted by Gasteiger charge is 2.32. The molecule has 2 N–H and O–H groups in total. The summed E-state index contributed by atoms with van der Waals surface area (Å²) < 4.78 is 4.75. The van der Waals surface area contributed by atoms with Crippen LogP contribution < -0.4 is 5.73 Å². The van der Waals surface area contributed by atoms with Gasteiger partial charge in [-0.15, -0.1) is 0 Å². The van der Waals surface area contributed by atoms with Crippen molar-refractivity contribution in [1.29, 1.82) is 0 Å². The molecule has 1 aliphatic heterocycles. The Balaban J connectivity index is 2.45. The summed E-state index contributed by atoms with van der Waals surface area (Å²) in [7, 11) is 0. The molecule has 0 spiro atoms. The highest BCUT2D eigenvalue weighted by molar-refractivity contribution is 6.01. The molecule has 0 aromatic carbocycles. The Bertz CT molecular complexity index is 281. The van der Waals surface area contributed by atoms with Crippen LogP contribution in [-0.4, -0.2) is 42.5 Å². The largest absolute Gasteiger partial charge is 0.464 e. The van der Waals surface area contributed by atoms with Crippen molar-refractivity contribution in [2.24, 2.45) is 11.7 Å². The fourth-order valence-corrected chi connectivity index (χ4v) is 2.21. The molecule has 0 aromatic rings. The Hall–Kier alpha value is -1.10. The van der Waals surface area contributed by atoms with Crippen LogP contribution in [0.4, 0.5) is 0 Å². The molecular weight excluding hydrogens is 220 g/mol. The SMILES string of the molecule is CCCC1CCN(C(=O)C(N)C(=O)OCC)C1. The summed E-state index contributed by atoms with van der Waals surface area (Å²) in [6, 6.07) is -1.16. The molecule has 2 unspecified atom stereocenters. The van der Waals surface area contributed by atoms with Crippen molar-refractivity contribution in [2.45, 2.75) is 39.2 Å². The van der Waals surface area contributed by atoms with E-state index in [1.165, 1.54) is 0 Å². The zero-order valence-corrected chi connectivity index (χ0v) is 10.6. The molecule has 0 saturated carbocycles. The van der Waals surface area contributed by atoms with Crippen LogP contribution in [0.1, 0.15) is 33.1 Å². The normalized spacial score (nSPS) is 21.4. The van der Waals surface area contributed by atoms with Crippen LogP contribution in [0.2, 0.25) is 0 Å². The molecule has 0 radical (unpaired) electrons. The first-order chi connectivity index (χ1) is 8.10. The van der Waals surface area contributed by atoms with Gasteiger partial charge in [-0.2, -0.15) is 0 Å². The second kappa shape index (κ2) is 6.59. The average molecular weight is 242 g/mol. The van der Waals surface area contributed by atoms with Gasteiger partial charge in [0.2, 0.25) is 0 Å². The Morgan fingerprint density at radius 2 is 2.18 bits per heavy atom. The lowest BCUT2D eigenvalue weighted by Gasteiger charge is -2.19. The minimum atomic E-state index is -1.16. The maximum atomic E-state index is 11.9. The van der Waals surface area contributed by atoms with Gasteiger partial charge >= 0.3 is 5.97 Å². The van der Waals surface area contributed by atoms with E-state index in [0.717, 1.165) is 25.8 Å². The maximum Gasteiger partial charge on any atom is 0.332 e. The lowest BCUT2D eigenvalue weighted by atomic mass is 10.0. The van der Waals surface area contributed by atoms with E-state index in [-0.39, 0.29) is 12.5 Å². The molecule has 0 aliphatic carbocycles. The fraction of sp³-hybridized carbons (Fsp3) is 0.833. The summed E-state index contributed by atoms with van der Waals surface area (Å²) in [4.78, 5) is 24.9.